The van der Waals surface area contributed by atoms with Crippen molar-refractivity contribution < 1.29 is 31.5 Å². The molecule has 0 aromatic heterocycles. The maximum atomic E-state index is 13.4. The Morgan fingerprint density at radius 2 is 1.79 bits per heavy atom. The van der Waals surface area contributed by atoms with Gasteiger partial charge in [-0.25, -0.2) is 17.2 Å². The summed E-state index contributed by atoms with van der Waals surface area (Å²) in [7, 11) is -4.09. The molecule has 0 radical (unpaired) electrons. The van der Waals surface area contributed by atoms with Crippen molar-refractivity contribution in [3.05, 3.63) is 65.7 Å². The number of hydrogen-bond donors (Lipinski definition) is 2. The lowest BCUT2D eigenvalue weighted by molar-refractivity contribution is -0.147. The second-order valence-electron chi connectivity index (χ2n) is 5.63. The van der Waals surface area contributed by atoms with Crippen LogP contribution in [0.1, 0.15) is 5.56 Å². The van der Waals surface area contributed by atoms with Gasteiger partial charge in [-0.1, -0.05) is 24.3 Å². The molecule has 0 aliphatic rings. The predicted octanol–water partition coefficient (Wildman–Crippen LogP) is 1.15. The Hall–Kier alpha value is -2.85. The Morgan fingerprint density at radius 3 is 2.50 bits per heavy atom. The van der Waals surface area contributed by atoms with Crippen molar-refractivity contribution in [3.8, 4) is 0 Å². The van der Waals surface area contributed by atoms with Crippen molar-refractivity contribution in [2.45, 2.75) is 11.3 Å². The maximum Gasteiger partial charge on any atom is 0.321 e. The van der Waals surface area contributed by atoms with Crippen molar-refractivity contribution in [3.63, 3.8) is 0 Å². The lowest BCUT2D eigenvalue weighted by atomic mass is 10.1. The van der Waals surface area contributed by atoms with Gasteiger partial charge in [0.1, 0.15) is 18.2 Å². The molecule has 0 aliphatic heterocycles. The molecule has 150 valence electrons. The van der Waals surface area contributed by atoms with Gasteiger partial charge in [-0.2, -0.15) is 4.72 Å². The lowest BCUT2D eigenvalue weighted by Crippen LogP contribution is -2.34. The first-order chi connectivity index (χ1) is 13.3. The molecule has 2 aromatic rings. The minimum absolute atomic E-state index is 0.142. The number of ether oxygens (including phenoxy) is 1. The summed E-state index contributed by atoms with van der Waals surface area (Å²) in [6, 6.07) is 10.4. The molecule has 0 saturated carbocycles. The normalized spacial score (nSPS) is 11.1. The van der Waals surface area contributed by atoms with Crippen LogP contribution in [0.2, 0.25) is 0 Å². The highest BCUT2D eigenvalue weighted by molar-refractivity contribution is 7.89. The van der Waals surface area contributed by atoms with Crippen molar-refractivity contribution in [1.82, 2.24) is 10.0 Å². The molecule has 2 rings (SSSR count). The van der Waals surface area contributed by atoms with Crippen LogP contribution < -0.4 is 10.0 Å². The largest absolute Gasteiger partial charge is 0.455 e. The van der Waals surface area contributed by atoms with Crippen LogP contribution in [0.3, 0.4) is 0 Å². The van der Waals surface area contributed by atoms with Gasteiger partial charge in [0.15, 0.2) is 6.61 Å². The van der Waals surface area contributed by atoms with E-state index >= 15 is 0 Å². The Morgan fingerprint density at radius 1 is 1.04 bits per heavy atom. The fourth-order valence-electron chi connectivity index (χ4n) is 2.16. The van der Waals surface area contributed by atoms with Crippen LogP contribution in [0.15, 0.2) is 53.4 Å². The summed E-state index contributed by atoms with van der Waals surface area (Å²) < 4.78 is 57.0. The number of carbonyl (C=O) groups excluding carboxylic acids is 2. The zero-order valence-electron chi connectivity index (χ0n) is 14.7. The summed E-state index contributed by atoms with van der Waals surface area (Å²) in [6.45, 7) is -1.19. The molecule has 0 heterocycles. The third-order valence-electron chi connectivity index (χ3n) is 3.55. The van der Waals surface area contributed by atoms with E-state index in [1.54, 1.807) is 18.2 Å². The molecule has 0 fully saturated rings. The number of halogens is 2. The number of nitrogens with one attached hydrogen (secondary N) is 2. The summed E-state index contributed by atoms with van der Waals surface area (Å²) >= 11 is 0. The van der Waals surface area contributed by atoms with E-state index in [0.29, 0.717) is 5.56 Å². The van der Waals surface area contributed by atoms with Crippen molar-refractivity contribution in [2.75, 3.05) is 19.7 Å². The monoisotopic (exact) mass is 412 g/mol. The van der Waals surface area contributed by atoms with Crippen molar-refractivity contribution in [2.24, 2.45) is 0 Å². The average Bonchev–Trinajstić information content (AvgIpc) is 2.66. The smallest absolute Gasteiger partial charge is 0.321 e. The highest BCUT2D eigenvalue weighted by atomic mass is 32.2. The molecule has 1 amide bonds. The van der Waals surface area contributed by atoms with Gasteiger partial charge in [-0.15, -0.1) is 0 Å². The molecule has 0 unspecified atom stereocenters. The molecule has 7 nitrogen and oxygen atoms in total. The Labute approximate surface area is 160 Å². The molecule has 0 atom stereocenters. The summed E-state index contributed by atoms with van der Waals surface area (Å²) in [5.41, 5.74) is 0.437. The molecule has 28 heavy (non-hydrogen) atoms. The van der Waals surface area contributed by atoms with E-state index in [1.165, 1.54) is 18.2 Å². The van der Waals surface area contributed by atoms with Crippen LogP contribution in [0.5, 0.6) is 0 Å². The van der Waals surface area contributed by atoms with Gasteiger partial charge in [0, 0.05) is 6.54 Å². The second kappa shape index (κ2) is 9.90. The van der Waals surface area contributed by atoms with Crippen LogP contribution >= 0.6 is 0 Å². The number of sulfonamides is 1. The zero-order chi connectivity index (χ0) is 20.6. The maximum absolute atomic E-state index is 13.4. The third kappa shape index (κ3) is 6.71. The molecule has 10 heteroatoms. The van der Waals surface area contributed by atoms with Gasteiger partial charge in [0.05, 0.1) is 4.90 Å². The summed E-state index contributed by atoms with van der Waals surface area (Å²) in [4.78, 5) is 22.9. The van der Waals surface area contributed by atoms with Gasteiger partial charge < -0.3 is 10.1 Å². The fourth-order valence-corrected chi connectivity index (χ4v) is 3.16. The minimum atomic E-state index is -4.09. The molecule has 0 saturated heterocycles. The van der Waals surface area contributed by atoms with Crippen molar-refractivity contribution in [1.29, 1.82) is 0 Å². The first-order valence-electron chi connectivity index (χ1n) is 8.19. The van der Waals surface area contributed by atoms with E-state index in [0.717, 1.165) is 12.1 Å². The fraction of sp³-hybridized carbons (Fsp3) is 0.222. The van der Waals surface area contributed by atoms with E-state index in [1.807, 2.05) is 4.72 Å². The molecule has 0 aliphatic carbocycles. The van der Waals surface area contributed by atoms with Crippen molar-refractivity contribution >= 4 is 21.9 Å². The van der Waals surface area contributed by atoms with Gasteiger partial charge in [0.25, 0.3) is 5.91 Å². The van der Waals surface area contributed by atoms with E-state index in [9.17, 15) is 26.8 Å². The SMILES string of the molecule is O=C(COC(=O)CNS(=O)(=O)c1cccc(F)c1)NCCc1ccccc1F. The number of amides is 1. The van der Waals surface area contributed by atoms with Crippen LogP contribution in [0, 0.1) is 11.6 Å². The number of rotatable bonds is 9. The standard InChI is InChI=1S/C18H18F2N2O5S/c19-14-5-3-6-15(10-14)28(25,26)22-11-18(24)27-12-17(23)21-9-8-13-4-1-2-7-16(13)20/h1-7,10,22H,8-9,11-12H2,(H,21,23). The number of hydrogen-bond acceptors (Lipinski definition) is 5. The molecular weight excluding hydrogens is 394 g/mol. The molecular formula is C18H18F2N2O5S. The molecule has 0 bridgehead atoms. The van der Waals surface area contributed by atoms with Gasteiger partial charge in [-0.05, 0) is 36.2 Å². The van der Waals surface area contributed by atoms with Gasteiger partial charge in [0.2, 0.25) is 10.0 Å². The van der Waals surface area contributed by atoms with E-state index in [-0.39, 0.29) is 23.7 Å². The van der Waals surface area contributed by atoms with E-state index < -0.39 is 40.9 Å². The van der Waals surface area contributed by atoms with Crippen LogP contribution in [0.25, 0.3) is 0 Å². The lowest BCUT2D eigenvalue weighted by Gasteiger charge is -2.08. The van der Waals surface area contributed by atoms with Crippen LogP contribution in [0.4, 0.5) is 8.78 Å². The van der Waals surface area contributed by atoms with Gasteiger partial charge in [-0.3, -0.25) is 9.59 Å². The third-order valence-corrected chi connectivity index (χ3v) is 4.95. The quantitative estimate of drug-likeness (QED) is 0.602. The number of carbonyl (C=O) groups is 2. The predicted molar refractivity (Wildman–Crippen MR) is 95.7 cm³/mol. The van der Waals surface area contributed by atoms with Crippen LogP contribution in [-0.2, 0) is 30.8 Å². The van der Waals surface area contributed by atoms with E-state index in [2.05, 4.69) is 10.1 Å². The number of esters is 1. The number of benzene rings is 2. The summed E-state index contributed by atoms with van der Waals surface area (Å²) in [6.07, 6.45) is 0.264. The highest BCUT2D eigenvalue weighted by Gasteiger charge is 2.17. The van der Waals surface area contributed by atoms with Crippen LogP contribution in [-0.4, -0.2) is 40.0 Å². The summed E-state index contributed by atoms with van der Waals surface area (Å²) in [5.74, 6) is -2.71. The topological polar surface area (TPSA) is 102 Å². The Bertz CT molecular complexity index is 950. The average molecular weight is 412 g/mol. The first kappa shape index (κ1) is 21.5. The Balaban J connectivity index is 1.70. The first-order valence-corrected chi connectivity index (χ1v) is 9.67. The minimum Gasteiger partial charge on any atom is -0.455 e. The van der Waals surface area contributed by atoms with Gasteiger partial charge >= 0.3 is 5.97 Å². The molecule has 2 N–H and O–H groups in total. The second-order valence-corrected chi connectivity index (χ2v) is 7.40. The summed E-state index contributed by atoms with van der Waals surface area (Å²) in [5, 5.41) is 2.46. The molecule has 0 spiro atoms. The van der Waals surface area contributed by atoms with E-state index in [4.69, 9.17) is 0 Å². The highest BCUT2D eigenvalue weighted by Crippen LogP contribution is 2.10. The zero-order valence-corrected chi connectivity index (χ0v) is 15.5. The Kier molecular flexibility index (Phi) is 7.59. The molecule has 2 aromatic carbocycles.